The normalized spacial score (nSPS) is 11.0. The van der Waals surface area contributed by atoms with Gasteiger partial charge in [-0.25, -0.2) is 8.42 Å². The molecule has 0 saturated heterocycles. The summed E-state index contributed by atoms with van der Waals surface area (Å²) in [4.78, 5) is 12.2. The number of methoxy groups -OCH3 is 2. The van der Waals surface area contributed by atoms with Gasteiger partial charge in [-0.1, -0.05) is 23.8 Å². The van der Waals surface area contributed by atoms with Crippen LogP contribution in [0.1, 0.15) is 24.0 Å². The molecule has 0 unspecified atom stereocenters. The number of hydrogen-bond acceptors (Lipinski definition) is 5. The molecule has 0 aromatic heterocycles. The molecule has 0 aliphatic heterocycles. The van der Waals surface area contributed by atoms with Crippen LogP contribution in [0.2, 0.25) is 0 Å². The molecule has 29 heavy (non-hydrogen) atoms. The molecule has 2 rings (SSSR count). The first-order valence-electron chi connectivity index (χ1n) is 9.26. The van der Waals surface area contributed by atoms with Crippen molar-refractivity contribution >= 4 is 21.6 Å². The molecule has 0 fully saturated rings. The van der Waals surface area contributed by atoms with E-state index in [0.717, 1.165) is 11.1 Å². The molecule has 1 N–H and O–H groups in total. The Balaban J connectivity index is 1.88. The zero-order chi connectivity index (χ0) is 21.4. The van der Waals surface area contributed by atoms with Gasteiger partial charge in [0.05, 0.1) is 26.2 Å². The number of nitrogens with one attached hydrogen (secondary N) is 1. The van der Waals surface area contributed by atoms with Crippen LogP contribution >= 0.6 is 0 Å². The van der Waals surface area contributed by atoms with Crippen LogP contribution in [-0.2, 0) is 21.4 Å². The lowest BCUT2D eigenvalue weighted by Crippen LogP contribution is -2.32. The fourth-order valence-electron chi connectivity index (χ4n) is 2.86. The van der Waals surface area contributed by atoms with Crippen molar-refractivity contribution in [1.82, 2.24) is 5.32 Å². The van der Waals surface area contributed by atoms with Crippen LogP contribution in [0.25, 0.3) is 0 Å². The van der Waals surface area contributed by atoms with E-state index in [1.54, 1.807) is 32.4 Å². The largest absolute Gasteiger partial charge is 0.493 e. The number of rotatable bonds is 10. The fraction of sp³-hybridized carbons (Fsp3) is 0.381. The topological polar surface area (TPSA) is 84.9 Å². The molecule has 2 aromatic carbocycles. The van der Waals surface area contributed by atoms with Crippen LogP contribution in [0.3, 0.4) is 0 Å². The summed E-state index contributed by atoms with van der Waals surface area (Å²) < 4.78 is 36.0. The molecule has 0 radical (unpaired) electrons. The minimum Gasteiger partial charge on any atom is -0.493 e. The quantitative estimate of drug-likeness (QED) is 0.639. The van der Waals surface area contributed by atoms with Gasteiger partial charge in [-0.3, -0.25) is 9.10 Å². The van der Waals surface area contributed by atoms with Crippen LogP contribution in [0.4, 0.5) is 5.69 Å². The smallest absolute Gasteiger partial charge is 0.232 e. The third kappa shape index (κ3) is 6.67. The summed E-state index contributed by atoms with van der Waals surface area (Å²) in [6.45, 7) is 2.54. The average Bonchev–Trinajstić information content (AvgIpc) is 2.69. The lowest BCUT2D eigenvalue weighted by Gasteiger charge is -2.22. The van der Waals surface area contributed by atoms with Crippen molar-refractivity contribution in [2.75, 3.05) is 31.3 Å². The number of amides is 1. The second kappa shape index (κ2) is 10.2. The number of sulfonamides is 1. The average molecular weight is 421 g/mol. The maximum atomic E-state index is 12.2. The van der Waals surface area contributed by atoms with Gasteiger partial charge < -0.3 is 14.8 Å². The van der Waals surface area contributed by atoms with Crippen molar-refractivity contribution in [2.24, 2.45) is 0 Å². The molecule has 2 aromatic rings. The van der Waals surface area contributed by atoms with E-state index in [1.165, 1.54) is 10.6 Å². The monoisotopic (exact) mass is 420 g/mol. The molecular weight excluding hydrogens is 392 g/mol. The van der Waals surface area contributed by atoms with E-state index in [-0.39, 0.29) is 18.9 Å². The van der Waals surface area contributed by atoms with Crippen LogP contribution in [0.15, 0.2) is 42.5 Å². The molecule has 0 bridgehead atoms. The molecule has 158 valence electrons. The number of carbonyl (C=O) groups excluding carboxylic acids is 1. The Morgan fingerprint density at radius 1 is 1.03 bits per heavy atom. The fourth-order valence-corrected chi connectivity index (χ4v) is 3.83. The van der Waals surface area contributed by atoms with E-state index >= 15 is 0 Å². The molecule has 0 aliphatic carbocycles. The molecule has 0 atom stereocenters. The van der Waals surface area contributed by atoms with Gasteiger partial charge in [-0.15, -0.1) is 0 Å². The highest BCUT2D eigenvalue weighted by Crippen LogP contribution is 2.27. The summed E-state index contributed by atoms with van der Waals surface area (Å²) in [7, 11) is -0.300. The predicted molar refractivity (Wildman–Crippen MR) is 114 cm³/mol. The second-order valence-corrected chi connectivity index (χ2v) is 8.65. The minimum atomic E-state index is -3.42. The summed E-state index contributed by atoms with van der Waals surface area (Å²) in [6.07, 6.45) is 1.81. The molecule has 0 spiro atoms. The first-order chi connectivity index (χ1) is 13.7. The molecule has 0 heterocycles. The summed E-state index contributed by atoms with van der Waals surface area (Å²) >= 11 is 0. The molecule has 7 nitrogen and oxygen atoms in total. The number of benzene rings is 2. The lowest BCUT2D eigenvalue weighted by atomic mass is 10.2. The van der Waals surface area contributed by atoms with E-state index in [9.17, 15) is 13.2 Å². The van der Waals surface area contributed by atoms with Gasteiger partial charge in [0.1, 0.15) is 0 Å². The van der Waals surface area contributed by atoms with Crippen LogP contribution < -0.4 is 19.1 Å². The Morgan fingerprint density at radius 2 is 1.69 bits per heavy atom. The summed E-state index contributed by atoms with van der Waals surface area (Å²) in [5.41, 5.74) is 2.54. The minimum absolute atomic E-state index is 0.142. The summed E-state index contributed by atoms with van der Waals surface area (Å²) in [5.74, 6) is 1.08. The Hall–Kier alpha value is -2.74. The third-order valence-electron chi connectivity index (χ3n) is 4.42. The SMILES string of the molecule is COc1ccc(CNC(=O)CCCN(c2ccc(C)cc2)S(C)(=O)=O)cc1OC. The number of ether oxygens (including phenoxy) is 2. The van der Waals surface area contributed by atoms with Gasteiger partial charge in [0.25, 0.3) is 0 Å². The standard InChI is InChI=1S/C21H28N2O5S/c1-16-7-10-18(11-8-16)23(29(4,25)26)13-5-6-21(24)22-15-17-9-12-19(27-2)20(14-17)28-3/h7-12,14H,5-6,13,15H2,1-4H3,(H,22,24). The summed E-state index contributed by atoms with van der Waals surface area (Å²) in [6, 6.07) is 12.7. The molecule has 1 amide bonds. The van der Waals surface area contributed by atoms with E-state index in [4.69, 9.17) is 9.47 Å². The Bertz CT molecular complexity index is 927. The highest BCUT2D eigenvalue weighted by Gasteiger charge is 2.17. The highest BCUT2D eigenvalue weighted by molar-refractivity contribution is 7.92. The number of carbonyl (C=O) groups is 1. The van der Waals surface area contributed by atoms with Crippen molar-refractivity contribution < 1.29 is 22.7 Å². The summed E-state index contributed by atoms with van der Waals surface area (Å²) in [5, 5.41) is 2.84. The van der Waals surface area contributed by atoms with E-state index in [2.05, 4.69) is 5.32 Å². The molecule has 8 heteroatoms. The lowest BCUT2D eigenvalue weighted by molar-refractivity contribution is -0.121. The first kappa shape index (κ1) is 22.5. The van der Waals surface area contributed by atoms with Crippen molar-refractivity contribution in [1.29, 1.82) is 0 Å². The number of nitrogens with zero attached hydrogens (tertiary/aromatic N) is 1. The molecule has 0 aliphatic rings. The Labute approximate surface area is 172 Å². The highest BCUT2D eigenvalue weighted by atomic mass is 32.2. The van der Waals surface area contributed by atoms with Gasteiger partial charge in [0, 0.05) is 19.5 Å². The Kier molecular flexibility index (Phi) is 7.90. The van der Waals surface area contributed by atoms with E-state index in [1.807, 2.05) is 31.2 Å². The predicted octanol–water partition coefficient (Wildman–Crippen LogP) is 2.87. The molecule has 0 saturated carbocycles. The number of anilines is 1. The maximum absolute atomic E-state index is 12.2. The first-order valence-corrected chi connectivity index (χ1v) is 11.1. The van der Waals surface area contributed by atoms with E-state index in [0.29, 0.717) is 30.2 Å². The van der Waals surface area contributed by atoms with Crippen molar-refractivity contribution in [3.05, 3.63) is 53.6 Å². The van der Waals surface area contributed by atoms with Gasteiger partial charge >= 0.3 is 0 Å². The van der Waals surface area contributed by atoms with E-state index < -0.39 is 10.0 Å². The molecular formula is C21H28N2O5S. The van der Waals surface area contributed by atoms with Crippen molar-refractivity contribution in [3.8, 4) is 11.5 Å². The van der Waals surface area contributed by atoms with Gasteiger partial charge in [0.2, 0.25) is 15.9 Å². The van der Waals surface area contributed by atoms with Gasteiger partial charge in [-0.2, -0.15) is 0 Å². The number of hydrogen-bond donors (Lipinski definition) is 1. The van der Waals surface area contributed by atoms with Crippen LogP contribution in [-0.4, -0.2) is 41.3 Å². The number of aryl methyl sites for hydroxylation is 1. The van der Waals surface area contributed by atoms with Crippen LogP contribution in [0.5, 0.6) is 11.5 Å². The van der Waals surface area contributed by atoms with Gasteiger partial charge in [0.15, 0.2) is 11.5 Å². The van der Waals surface area contributed by atoms with Crippen molar-refractivity contribution in [2.45, 2.75) is 26.3 Å². The Morgan fingerprint density at radius 3 is 2.28 bits per heavy atom. The van der Waals surface area contributed by atoms with Gasteiger partial charge in [-0.05, 0) is 43.2 Å². The van der Waals surface area contributed by atoms with Crippen molar-refractivity contribution in [3.63, 3.8) is 0 Å². The van der Waals surface area contributed by atoms with Crippen LogP contribution in [0, 0.1) is 6.92 Å². The second-order valence-electron chi connectivity index (χ2n) is 6.74. The zero-order valence-electron chi connectivity index (χ0n) is 17.3. The third-order valence-corrected chi connectivity index (χ3v) is 5.62. The maximum Gasteiger partial charge on any atom is 0.232 e. The zero-order valence-corrected chi connectivity index (χ0v) is 18.1.